The van der Waals surface area contributed by atoms with Gasteiger partial charge in [0.15, 0.2) is 10.7 Å². The van der Waals surface area contributed by atoms with Crippen LogP contribution in [-0.4, -0.2) is 59.6 Å². The predicted molar refractivity (Wildman–Crippen MR) is 124 cm³/mol. The number of urea groups is 1. The summed E-state index contributed by atoms with van der Waals surface area (Å²) in [6, 6.07) is 3.91. The minimum Gasteiger partial charge on any atom is -0.496 e. The molecule has 0 radical (unpaired) electrons. The lowest BCUT2D eigenvalue weighted by Crippen LogP contribution is -2.51. The third-order valence-electron chi connectivity index (χ3n) is 5.79. The number of carbonyl (C=O) groups is 1. The summed E-state index contributed by atoms with van der Waals surface area (Å²) in [5, 5.41) is 15.8. The van der Waals surface area contributed by atoms with Crippen molar-refractivity contribution in [2.75, 3.05) is 37.1 Å². The third-order valence-corrected chi connectivity index (χ3v) is 6.91. The number of fused-ring (bicyclic) bond motifs is 5. The van der Waals surface area contributed by atoms with Crippen molar-refractivity contribution in [3.05, 3.63) is 28.3 Å². The van der Waals surface area contributed by atoms with Crippen LogP contribution in [0.2, 0.25) is 0 Å². The van der Waals surface area contributed by atoms with E-state index >= 15 is 0 Å². The second-order valence-corrected chi connectivity index (χ2v) is 10.1. The van der Waals surface area contributed by atoms with E-state index in [1.165, 1.54) is 11.3 Å². The van der Waals surface area contributed by atoms with Crippen LogP contribution in [-0.2, 0) is 11.2 Å². The van der Waals surface area contributed by atoms with Crippen LogP contribution in [0.4, 0.5) is 15.9 Å². The number of aromatic nitrogens is 2. The van der Waals surface area contributed by atoms with Gasteiger partial charge >= 0.3 is 6.03 Å². The number of carbonyl (C=O) groups excluding carboxylic acids is 1. The Balaban J connectivity index is 1.41. The fourth-order valence-electron chi connectivity index (χ4n) is 4.24. The number of oxazole rings is 1. The van der Waals surface area contributed by atoms with Crippen molar-refractivity contribution in [2.45, 2.75) is 44.9 Å². The molecule has 10 nitrogen and oxygen atoms in total. The molecule has 0 saturated carbocycles. The number of nitrogens with one attached hydrogen (secondary N) is 2. The van der Waals surface area contributed by atoms with Gasteiger partial charge in [0, 0.05) is 19.0 Å². The lowest BCUT2D eigenvalue weighted by molar-refractivity contribution is 0.0579. The number of rotatable bonds is 5. The lowest BCUT2D eigenvalue weighted by atomic mass is 9.97. The van der Waals surface area contributed by atoms with Crippen molar-refractivity contribution in [3.63, 3.8) is 0 Å². The number of anilines is 2. The molecule has 33 heavy (non-hydrogen) atoms. The highest BCUT2D eigenvalue weighted by Gasteiger charge is 2.43. The van der Waals surface area contributed by atoms with Gasteiger partial charge in [0.1, 0.15) is 11.3 Å². The number of amides is 2. The Morgan fingerprint density at radius 1 is 1.36 bits per heavy atom. The maximum Gasteiger partial charge on any atom is 0.321 e. The molecule has 0 spiro atoms. The molecule has 2 atom stereocenters. The fourth-order valence-corrected chi connectivity index (χ4v) is 5.31. The fraction of sp³-hybridized carbons (Fsp3) is 0.500. The average Bonchev–Trinajstić information content (AvgIpc) is 3.33. The number of morpholine rings is 1. The quantitative estimate of drug-likeness (QED) is 0.517. The third kappa shape index (κ3) is 4.23. The zero-order valence-electron chi connectivity index (χ0n) is 19.0. The number of benzene rings is 1. The van der Waals surface area contributed by atoms with E-state index in [1.807, 2.05) is 19.1 Å². The van der Waals surface area contributed by atoms with Gasteiger partial charge in [0.2, 0.25) is 0 Å². The number of methoxy groups -OCH3 is 1. The molecule has 2 aliphatic heterocycles. The molecule has 2 bridgehead atoms. The van der Waals surface area contributed by atoms with Gasteiger partial charge in [-0.15, -0.1) is 0 Å². The first kappa shape index (κ1) is 21.9. The Hall–Kier alpha value is -2.89. The van der Waals surface area contributed by atoms with Crippen molar-refractivity contribution in [1.82, 2.24) is 15.3 Å². The molecule has 1 saturated heterocycles. The number of thiazole rings is 1. The summed E-state index contributed by atoms with van der Waals surface area (Å²) in [4.78, 5) is 24.8. The Bertz CT molecular complexity index is 1200. The van der Waals surface area contributed by atoms with Gasteiger partial charge in [0.25, 0.3) is 6.01 Å². The lowest BCUT2D eigenvalue weighted by Gasteiger charge is -2.43. The van der Waals surface area contributed by atoms with Gasteiger partial charge in [-0.05, 0) is 32.4 Å². The minimum absolute atomic E-state index is 0.0336. The number of hydrogen-bond donors (Lipinski definition) is 3. The van der Waals surface area contributed by atoms with E-state index < -0.39 is 11.6 Å². The molecule has 176 valence electrons. The summed E-state index contributed by atoms with van der Waals surface area (Å²) in [6.07, 6.45) is 0.663. The molecule has 1 aromatic carbocycles. The first-order valence-electron chi connectivity index (χ1n) is 10.8. The smallest absolute Gasteiger partial charge is 0.321 e. The van der Waals surface area contributed by atoms with E-state index in [2.05, 4.69) is 20.5 Å². The molecule has 2 amide bonds. The van der Waals surface area contributed by atoms with Crippen molar-refractivity contribution >= 4 is 39.6 Å². The highest BCUT2D eigenvalue weighted by Crippen LogP contribution is 2.44. The van der Waals surface area contributed by atoms with Gasteiger partial charge in [0.05, 0.1) is 48.6 Å². The van der Waals surface area contributed by atoms with Crippen molar-refractivity contribution < 1.29 is 23.8 Å². The van der Waals surface area contributed by atoms with E-state index in [9.17, 15) is 9.90 Å². The molecule has 1 fully saturated rings. The second kappa shape index (κ2) is 8.15. The van der Waals surface area contributed by atoms with Gasteiger partial charge in [-0.2, -0.15) is 4.98 Å². The second-order valence-electron chi connectivity index (χ2n) is 9.05. The van der Waals surface area contributed by atoms with E-state index in [4.69, 9.17) is 18.9 Å². The highest BCUT2D eigenvalue weighted by molar-refractivity contribution is 7.16. The zero-order valence-corrected chi connectivity index (χ0v) is 19.8. The van der Waals surface area contributed by atoms with Crippen LogP contribution in [0.3, 0.4) is 0 Å². The normalized spacial score (nSPS) is 20.0. The van der Waals surface area contributed by atoms with Gasteiger partial charge < -0.3 is 29.2 Å². The van der Waals surface area contributed by atoms with Crippen molar-refractivity contribution in [2.24, 2.45) is 0 Å². The molecule has 3 N–H and O–H groups in total. The predicted octanol–water partition coefficient (Wildman–Crippen LogP) is 3.00. The topological polar surface area (TPSA) is 122 Å². The number of hydrogen-bond acceptors (Lipinski definition) is 9. The van der Waals surface area contributed by atoms with E-state index in [0.717, 1.165) is 27.4 Å². The van der Waals surface area contributed by atoms with Gasteiger partial charge in [-0.25, -0.2) is 9.78 Å². The molecule has 5 rings (SSSR count). The first-order chi connectivity index (χ1) is 15.7. The molecule has 0 aliphatic carbocycles. The standard InChI is InChI=1S/C22H27N5O5S/c1-11-5-17-13(7-16(11)30-4)25-21(32-17)27-12-6-14-18(15(27)9-31-8-12)33-20(24-14)26-19(28)23-10-22(2,3)29/h5,7,12,15,29H,6,8-10H2,1-4H3,(H2,23,24,26,28)/t12-,15-/m0/s1. The monoisotopic (exact) mass is 473 g/mol. The van der Waals surface area contributed by atoms with Crippen LogP contribution >= 0.6 is 11.3 Å². The largest absolute Gasteiger partial charge is 0.496 e. The summed E-state index contributed by atoms with van der Waals surface area (Å²) < 4.78 is 17.4. The number of aryl methyl sites for hydroxylation is 1. The van der Waals surface area contributed by atoms with Crippen molar-refractivity contribution in [1.29, 1.82) is 0 Å². The Labute approximate surface area is 194 Å². The van der Waals surface area contributed by atoms with Crippen molar-refractivity contribution in [3.8, 4) is 5.75 Å². The Morgan fingerprint density at radius 2 is 2.18 bits per heavy atom. The summed E-state index contributed by atoms with van der Waals surface area (Å²) in [5.41, 5.74) is 2.41. The first-order valence-corrected chi connectivity index (χ1v) is 11.6. The van der Waals surface area contributed by atoms with E-state index in [0.29, 0.717) is 36.4 Å². The van der Waals surface area contributed by atoms with E-state index in [-0.39, 0.29) is 18.6 Å². The highest BCUT2D eigenvalue weighted by atomic mass is 32.1. The number of ether oxygens (including phenoxy) is 2. The molecule has 11 heteroatoms. The minimum atomic E-state index is -0.990. The summed E-state index contributed by atoms with van der Waals surface area (Å²) in [5.74, 6) is 0.771. The molecule has 4 heterocycles. The number of nitrogens with zero attached hydrogens (tertiary/aromatic N) is 3. The molecule has 2 aliphatic rings. The van der Waals surface area contributed by atoms with Crippen LogP contribution in [0.25, 0.3) is 11.1 Å². The molecular formula is C22H27N5O5S. The summed E-state index contributed by atoms with van der Waals surface area (Å²) in [6.45, 7) is 6.40. The van der Waals surface area contributed by atoms with Crippen LogP contribution in [0.1, 0.15) is 36.0 Å². The summed E-state index contributed by atoms with van der Waals surface area (Å²) in [7, 11) is 1.64. The van der Waals surface area contributed by atoms with Crippen LogP contribution in [0.15, 0.2) is 16.5 Å². The molecule has 2 aromatic heterocycles. The SMILES string of the molecule is COc1cc2nc(N3[C@@H]4COC[C@H]3c3sc(NC(=O)NCC(C)(C)O)nc3C4)oc2cc1C. The summed E-state index contributed by atoms with van der Waals surface area (Å²) >= 11 is 1.42. The van der Waals surface area contributed by atoms with Crippen LogP contribution < -0.4 is 20.3 Å². The Kier molecular flexibility index (Phi) is 5.42. The zero-order chi connectivity index (χ0) is 23.3. The maximum absolute atomic E-state index is 12.2. The molecular weight excluding hydrogens is 446 g/mol. The van der Waals surface area contributed by atoms with E-state index in [1.54, 1.807) is 21.0 Å². The Morgan fingerprint density at radius 3 is 2.94 bits per heavy atom. The molecule has 3 aromatic rings. The van der Waals surface area contributed by atoms with Crippen LogP contribution in [0, 0.1) is 6.92 Å². The van der Waals surface area contributed by atoms with Crippen LogP contribution in [0.5, 0.6) is 5.75 Å². The number of aliphatic hydroxyl groups is 1. The van der Waals surface area contributed by atoms with Gasteiger partial charge in [-0.1, -0.05) is 11.3 Å². The maximum atomic E-state index is 12.2. The van der Waals surface area contributed by atoms with Gasteiger partial charge in [-0.3, -0.25) is 5.32 Å². The molecule has 0 unspecified atom stereocenters. The average molecular weight is 474 g/mol.